The number of pyridine rings is 1. The molecule has 35 heavy (non-hydrogen) atoms. The van der Waals surface area contributed by atoms with Crippen molar-refractivity contribution in [1.82, 2.24) is 30.2 Å². The number of likely N-dealkylation sites (tertiary alicyclic amines) is 1. The molecular weight excluding hydrogens is 451 g/mol. The van der Waals surface area contributed by atoms with E-state index in [1.165, 1.54) is 22.9 Å². The topological polar surface area (TPSA) is 113 Å². The molecule has 2 N–H and O–H groups in total. The first-order valence-electron chi connectivity index (χ1n) is 11.3. The van der Waals surface area contributed by atoms with Crippen LogP contribution in [0, 0.1) is 17.7 Å². The van der Waals surface area contributed by atoms with Crippen LogP contribution in [0.15, 0.2) is 59.5 Å². The Morgan fingerprint density at radius 3 is 2.54 bits per heavy atom. The van der Waals surface area contributed by atoms with Crippen LogP contribution in [0.3, 0.4) is 0 Å². The monoisotopic (exact) mass is 472 g/mol. The van der Waals surface area contributed by atoms with Crippen LogP contribution in [-0.2, 0) is 4.79 Å². The summed E-state index contributed by atoms with van der Waals surface area (Å²) in [5, 5.41) is 11.8. The van der Waals surface area contributed by atoms with Gasteiger partial charge in [-0.25, -0.2) is 9.07 Å². The first kappa shape index (κ1) is 21.2. The first-order valence-corrected chi connectivity index (χ1v) is 11.3. The van der Waals surface area contributed by atoms with E-state index in [0.29, 0.717) is 52.8 Å². The lowest BCUT2D eigenvalue weighted by Crippen LogP contribution is -2.36. The number of nitrogens with one attached hydrogen (secondary N) is 2. The van der Waals surface area contributed by atoms with Crippen molar-refractivity contribution in [2.75, 3.05) is 13.1 Å². The molecule has 0 spiro atoms. The molecule has 176 valence electrons. The van der Waals surface area contributed by atoms with Gasteiger partial charge in [0.2, 0.25) is 5.91 Å². The number of nitrogens with zero attached hydrogens (tertiary/aromatic N) is 4. The zero-order valence-corrected chi connectivity index (χ0v) is 18.7. The number of amides is 2. The van der Waals surface area contributed by atoms with Crippen molar-refractivity contribution in [3.8, 4) is 16.9 Å². The van der Waals surface area contributed by atoms with Gasteiger partial charge in [0.05, 0.1) is 17.4 Å². The number of rotatable bonds is 4. The van der Waals surface area contributed by atoms with Crippen LogP contribution >= 0.6 is 0 Å². The van der Waals surface area contributed by atoms with E-state index in [-0.39, 0.29) is 29.0 Å². The molecule has 6 rings (SSSR count). The molecule has 4 aromatic rings. The number of carbonyl (C=O) groups is 2. The van der Waals surface area contributed by atoms with E-state index in [9.17, 15) is 18.8 Å². The number of aromatic amines is 1. The largest absolute Gasteiger partial charge is 0.349 e. The zero-order valence-electron chi connectivity index (χ0n) is 18.7. The number of benzene rings is 2. The van der Waals surface area contributed by atoms with Crippen molar-refractivity contribution in [2.24, 2.45) is 11.8 Å². The molecule has 9 nitrogen and oxygen atoms in total. The van der Waals surface area contributed by atoms with E-state index in [0.717, 1.165) is 0 Å². The minimum Gasteiger partial charge on any atom is -0.349 e. The molecule has 1 saturated carbocycles. The fourth-order valence-electron chi connectivity index (χ4n) is 4.88. The van der Waals surface area contributed by atoms with Crippen molar-refractivity contribution < 1.29 is 14.0 Å². The third kappa shape index (κ3) is 3.76. The van der Waals surface area contributed by atoms with Gasteiger partial charge < -0.3 is 15.2 Å². The Hall–Kier alpha value is -4.34. The molecule has 2 aromatic heterocycles. The highest BCUT2D eigenvalue weighted by Crippen LogP contribution is 2.45. The number of halogens is 1. The van der Waals surface area contributed by atoms with Gasteiger partial charge in [-0.3, -0.25) is 14.4 Å². The third-order valence-electron chi connectivity index (χ3n) is 6.91. The average Bonchev–Trinajstić information content (AvgIpc) is 3.23. The SMILES string of the molecule is CC(=O)N1C[C@@H]2[C@H](C1)[C@H]2NC(=O)c1ccc(-n2cc(-c3cc4cc(F)ccc4[nH]c3=O)nn2)cc1. The lowest BCUT2D eigenvalue weighted by Gasteiger charge is -2.18. The number of hydrogen-bond donors (Lipinski definition) is 2. The predicted molar refractivity (Wildman–Crippen MR) is 125 cm³/mol. The van der Waals surface area contributed by atoms with Gasteiger partial charge in [-0.05, 0) is 48.5 Å². The summed E-state index contributed by atoms with van der Waals surface area (Å²) in [6.45, 7) is 2.97. The number of piperidine rings is 1. The molecule has 2 amide bonds. The molecule has 3 heterocycles. The molecule has 10 heteroatoms. The Bertz CT molecular complexity index is 1530. The van der Waals surface area contributed by atoms with E-state index in [1.807, 2.05) is 4.90 Å². The minimum absolute atomic E-state index is 0.0771. The van der Waals surface area contributed by atoms with Crippen molar-refractivity contribution >= 4 is 22.7 Å². The lowest BCUT2D eigenvalue weighted by molar-refractivity contribution is -0.128. The van der Waals surface area contributed by atoms with Crippen LogP contribution in [-0.4, -0.2) is 55.8 Å². The predicted octanol–water partition coefficient (Wildman–Crippen LogP) is 2.12. The minimum atomic E-state index is -0.397. The van der Waals surface area contributed by atoms with Crippen LogP contribution in [0.5, 0.6) is 0 Å². The maximum atomic E-state index is 13.6. The van der Waals surface area contributed by atoms with Crippen molar-refractivity contribution in [1.29, 1.82) is 0 Å². The summed E-state index contributed by atoms with van der Waals surface area (Å²) < 4.78 is 15.1. The number of aromatic nitrogens is 4. The molecule has 1 aliphatic carbocycles. The van der Waals surface area contributed by atoms with Crippen molar-refractivity contribution in [3.05, 3.63) is 76.5 Å². The molecule has 2 aromatic carbocycles. The second kappa shape index (κ2) is 7.86. The summed E-state index contributed by atoms with van der Waals surface area (Å²) >= 11 is 0. The van der Waals surface area contributed by atoms with Gasteiger partial charge in [-0.1, -0.05) is 5.21 Å². The van der Waals surface area contributed by atoms with Crippen molar-refractivity contribution in [3.63, 3.8) is 0 Å². The van der Waals surface area contributed by atoms with Gasteiger partial charge in [-0.2, -0.15) is 0 Å². The van der Waals surface area contributed by atoms with E-state index >= 15 is 0 Å². The molecule has 2 fully saturated rings. The zero-order chi connectivity index (χ0) is 24.3. The number of carbonyl (C=O) groups excluding carboxylic acids is 2. The smallest absolute Gasteiger partial charge is 0.258 e. The lowest BCUT2D eigenvalue weighted by atomic mass is 10.1. The van der Waals surface area contributed by atoms with Crippen LogP contribution in [0.2, 0.25) is 0 Å². The second-order valence-electron chi connectivity index (χ2n) is 9.09. The molecule has 1 saturated heterocycles. The number of hydrogen-bond acceptors (Lipinski definition) is 5. The number of H-pyrrole nitrogens is 1. The molecule has 0 unspecified atom stereocenters. The van der Waals surface area contributed by atoms with Gasteiger partial charge in [0.15, 0.2) is 0 Å². The van der Waals surface area contributed by atoms with Gasteiger partial charge >= 0.3 is 0 Å². The summed E-state index contributed by atoms with van der Waals surface area (Å²) in [5.41, 5.74) is 2.01. The quantitative estimate of drug-likeness (QED) is 0.473. The summed E-state index contributed by atoms with van der Waals surface area (Å²) in [4.78, 5) is 41.2. The molecule has 0 bridgehead atoms. The van der Waals surface area contributed by atoms with Crippen LogP contribution in [0.4, 0.5) is 4.39 Å². The standard InChI is InChI=1S/C25H21FN6O3/c1-13(33)31-10-19-20(11-31)23(19)28-24(34)14-2-5-17(6-3-14)32-12-22(29-30-32)18-9-15-8-16(26)4-7-21(15)27-25(18)35/h2-9,12,19-20,23H,10-11H2,1H3,(H,27,35)(H,28,34)/t19-,20+,23+. The maximum absolute atomic E-state index is 13.6. The average molecular weight is 472 g/mol. The summed E-state index contributed by atoms with van der Waals surface area (Å²) in [5.74, 6) is 0.204. The molecule has 0 radical (unpaired) electrons. The highest BCUT2D eigenvalue weighted by atomic mass is 19.1. The van der Waals surface area contributed by atoms with Crippen LogP contribution in [0.1, 0.15) is 17.3 Å². The Balaban J connectivity index is 1.16. The van der Waals surface area contributed by atoms with Crippen molar-refractivity contribution in [2.45, 2.75) is 13.0 Å². The summed E-state index contributed by atoms with van der Waals surface area (Å²) in [6.07, 6.45) is 1.61. The normalized spacial score (nSPS) is 20.6. The van der Waals surface area contributed by atoms with E-state index < -0.39 is 5.82 Å². The van der Waals surface area contributed by atoms with E-state index in [1.54, 1.807) is 43.5 Å². The molecular formula is C25H21FN6O3. The Kier molecular flexibility index (Phi) is 4.77. The van der Waals surface area contributed by atoms with Crippen LogP contribution < -0.4 is 10.9 Å². The summed E-state index contributed by atoms with van der Waals surface area (Å²) in [6, 6.07) is 12.8. The fraction of sp³-hybridized carbons (Fsp3) is 0.240. The van der Waals surface area contributed by atoms with Gasteiger partial charge in [0, 0.05) is 54.4 Å². The van der Waals surface area contributed by atoms with E-state index in [4.69, 9.17) is 0 Å². The number of fused-ring (bicyclic) bond motifs is 2. The highest BCUT2D eigenvalue weighted by Gasteiger charge is 2.57. The molecule has 1 aliphatic heterocycles. The highest BCUT2D eigenvalue weighted by molar-refractivity contribution is 5.95. The van der Waals surface area contributed by atoms with E-state index in [2.05, 4.69) is 20.6 Å². The summed E-state index contributed by atoms with van der Waals surface area (Å²) in [7, 11) is 0. The maximum Gasteiger partial charge on any atom is 0.258 e. The Morgan fingerprint density at radius 1 is 1.09 bits per heavy atom. The second-order valence-corrected chi connectivity index (χ2v) is 9.09. The molecule has 2 aliphatic rings. The third-order valence-corrected chi connectivity index (χ3v) is 6.91. The van der Waals surface area contributed by atoms with Gasteiger partial charge in [0.25, 0.3) is 11.5 Å². The van der Waals surface area contributed by atoms with Crippen LogP contribution in [0.25, 0.3) is 27.8 Å². The first-order chi connectivity index (χ1) is 16.9. The molecule has 3 atom stereocenters. The van der Waals surface area contributed by atoms with Gasteiger partial charge in [-0.15, -0.1) is 5.10 Å². The fourth-order valence-corrected chi connectivity index (χ4v) is 4.88. The Morgan fingerprint density at radius 2 is 1.83 bits per heavy atom. The Labute approximate surface area is 198 Å². The van der Waals surface area contributed by atoms with Gasteiger partial charge in [0.1, 0.15) is 11.5 Å².